The molecule has 1 saturated heterocycles. The molecule has 0 spiro atoms. The number of ether oxygens (including phenoxy) is 3. The number of hydrogen-bond acceptors (Lipinski definition) is 15. The van der Waals surface area contributed by atoms with Gasteiger partial charge in [0, 0.05) is 19.8 Å². The number of nitrogen functional groups attached to an aromatic ring is 1. The van der Waals surface area contributed by atoms with E-state index >= 15 is 0 Å². The average molecular weight is 663 g/mol. The molecule has 1 fully saturated rings. The van der Waals surface area contributed by atoms with Gasteiger partial charge in [0.05, 0.1) is 39.4 Å². The van der Waals surface area contributed by atoms with Gasteiger partial charge in [-0.2, -0.15) is 9.97 Å². The van der Waals surface area contributed by atoms with Crippen LogP contribution in [0, 0.1) is 0 Å². The van der Waals surface area contributed by atoms with E-state index in [-0.39, 0.29) is 42.0 Å². The van der Waals surface area contributed by atoms with Crippen molar-refractivity contribution in [2.75, 3.05) is 52.5 Å². The number of amides is 3. The van der Waals surface area contributed by atoms with Crippen LogP contribution in [0.25, 0.3) is 11.2 Å². The number of carbonyl (C=O) groups excluding carboxylic acids is 3. The van der Waals surface area contributed by atoms with Crippen LogP contribution in [0.15, 0.2) is 6.33 Å². The molecule has 3 rings (SSSR count). The number of methoxy groups -OCH3 is 1. The second-order valence-electron chi connectivity index (χ2n) is 10.4. The van der Waals surface area contributed by atoms with E-state index in [1.54, 1.807) is 13.8 Å². The maximum absolute atomic E-state index is 13.9. The van der Waals surface area contributed by atoms with Crippen LogP contribution in [-0.4, -0.2) is 128 Å². The molecule has 3 heterocycles. The molecule has 5 atom stereocenters. The summed E-state index contributed by atoms with van der Waals surface area (Å²) in [5.74, 6) is -1.29. The second-order valence-corrected chi connectivity index (χ2v) is 14.7. The molecule has 5 N–H and O–H groups in total. The van der Waals surface area contributed by atoms with Crippen LogP contribution >= 0.6 is 18.1 Å². The lowest BCUT2D eigenvalue weighted by Gasteiger charge is -2.32. The number of urea groups is 1. The Morgan fingerprint density at radius 3 is 2.50 bits per heavy atom. The number of nitrogens with two attached hydrogens (primary N) is 1. The van der Waals surface area contributed by atoms with Crippen molar-refractivity contribution in [1.29, 1.82) is 0 Å². The summed E-state index contributed by atoms with van der Waals surface area (Å²) in [7, 11) is 4.17. The van der Waals surface area contributed by atoms with Gasteiger partial charge in [-0.15, -0.1) is 0 Å². The quantitative estimate of drug-likeness (QED) is 0.0822. The average Bonchev–Trinajstić information content (AvgIpc) is 3.45. The van der Waals surface area contributed by atoms with Crippen molar-refractivity contribution < 1.29 is 47.9 Å². The van der Waals surface area contributed by atoms with E-state index in [1.165, 1.54) is 50.8 Å². The third-order valence-electron chi connectivity index (χ3n) is 6.46. The predicted octanol–water partition coefficient (Wildman–Crippen LogP) is 0.356. The molecule has 0 aliphatic carbocycles. The summed E-state index contributed by atoms with van der Waals surface area (Å²) in [6.07, 6.45) is -0.406. The van der Waals surface area contributed by atoms with Gasteiger partial charge in [0.2, 0.25) is 11.8 Å². The highest BCUT2D eigenvalue weighted by atomic mass is 32.7. The monoisotopic (exact) mass is 662 g/mol. The zero-order chi connectivity index (χ0) is 33.0. The molecule has 0 aromatic carbocycles. The zero-order valence-electron chi connectivity index (χ0n) is 25.5. The molecule has 0 bridgehead atoms. The van der Waals surface area contributed by atoms with Crippen LogP contribution in [0.4, 0.5) is 10.7 Å². The van der Waals surface area contributed by atoms with Gasteiger partial charge in [0.25, 0.3) is 5.91 Å². The first-order chi connectivity index (χ1) is 20.5. The molecular formula is C24H39N8O10PS. The molecule has 18 nitrogen and oxygen atoms in total. The van der Waals surface area contributed by atoms with E-state index in [9.17, 15) is 29.2 Å². The first-order valence-corrected chi connectivity index (χ1v) is 16.7. The number of hydrogen-bond donors (Lipinski definition) is 4. The first-order valence-electron chi connectivity index (χ1n) is 13.5. The minimum Gasteiger partial charge on any atom is -0.479 e. The summed E-state index contributed by atoms with van der Waals surface area (Å²) in [4.78, 5) is 51.7. The van der Waals surface area contributed by atoms with E-state index in [1.807, 2.05) is 0 Å². The normalized spacial score (nSPS) is 19.7. The predicted molar refractivity (Wildman–Crippen MR) is 159 cm³/mol. The maximum Gasteiger partial charge on any atom is 0.327 e. The van der Waals surface area contributed by atoms with Gasteiger partial charge >= 0.3 is 18.7 Å². The molecule has 2 aromatic heterocycles. The van der Waals surface area contributed by atoms with Crippen molar-refractivity contribution in [3.8, 4) is 5.88 Å². The number of esters is 1. The maximum atomic E-state index is 13.9. The lowest BCUT2D eigenvalue weighted by molar-refractivity contribution is -0.158. The molecular weight excluding hydrogens is 623 g/mol. The molecule has 3 amide bonds. The van der Waals surface area contributed by atoms with Gasteiger partial charge in [0.1, 0.15) is 17.7 Å². The third kappa shape index (κ3) is 7.96. The van der Waals surface area contributed by atoms with Gasteiger partial charge < -0.3 is 39.6 Å². The highest BCUT2D eigenvalue weighted by Crippen LogP contribution is 2.57. The van der Waals surface area contributed by atoms with Gasteiger partial charge in [-0.3, -0.25) is 23.6 Å². The van der Waals surface area contributed by atoms with Crippen LogP contribution in [0.3, 0.4) is 0 Å². The number of imidazole rings is 1. The van der Waals surface area contributed by atoms with Crippen LogP contribution in [-0.2, 0) is 28.2 Å². The van der Waals surface area contributed by atoms with Crippen LogP contribution in [0.1, 0.15) is 33.9 Å². The number of rotatable bonds is 16. The Hall–Kier alpha value is -3.06. The smallest absolute Gasteiger partial charge is 0.327 e. The van der Waals surface area contributed by atoms with Crippen LogP contribution < -0.4 is 15.6 Å². The van der Waals surface area contributed by atoms with Gasteiger partial charge in [0.15, 0.2) is 17.4 Å². The fourth-order valence-corrected chi connectivity index (χ4v) is 8.10. The highest BCUT2D eigenvalue weighted by molar-refractivity contribution is 8.56. The van der Waals surface area contributed by atoms with E-state index in [0.29, 0.717) is 0 Å². The number of aliphatic hydroxyl groups is 2. The van der Waals surface area contributed by atoms with Crippen molar-refractivity contribution in [1.82, 2.24) is 34.4 Å². The van der Waals surface area contributed by atoms with E-state index in [0.717, 1.165) is 16.3 Å². The Bertz CT molecular complexity index is 1410. The van der Waals surface area contributed by atoms with Crippen molar-refractivity contribution >= 4 is 53.1 Å². The second kappa shape index (κ2) is 14.4. The third-order valence-corrected chi connectivity index (χ3v) is 10.6. The Labute approximate surface area is 257 Å². The number of aromatic nitrogens is 4. The Morgan fingerprint density at radius 1 is 1.25 bits per heavy atom. The van der Waals surface area contributed by atoms with Gasteiger partial charge in [-0.1, -0.05) is 11.4 Å². The number of nitrogens with zero attached hydrogens (tertiary/aromatic N) is 6. The van der Waals surface area contributed by atoms with Crippen molar-refractivity contribution in [3.63, 3.8) is 0 Å². The number of likely N-dealkylation sites (N-methyl/N-ethyl adjacent to an activating group) is 2. The summed E-state index contributed by atoms with van der Waals surface area (Å²) in [6, 6.07) is -2.47. The number of nitrogens with one attached hydrogen (secondary N) is 1. The Balaban J connectivity index is 1.79. The number of aliphatic hydroxyl groups excluding tert-OH is 1. The molecule has 0 saturated carbocycles. The Kier molecular flexibility index (Phi) is 11.6. The van der Waals surface area contributed by atoms with Crippen molar-refractivity contribution in [2.24, 2.45) is 0 Å². The number of fused-ring (bicyclic) bond motifs is 1. The lowest BCUT2D eigenvalue weighted by atomic mass is 10.1. The van der Waals surface area contributed by atoms with E-state index in [4.69, 9.17) is 24.5 Å². The molecule has 0 radical (unpaired) electrons. The van der Waals surface area contributed by atoms with Crippen molar-refractivity contribution in [2.45, 2.75) is 57.7 Å². The van der Waals surface area contributed by atoms with Crippen LogP contribution in [0.2, 0.25) is 0 Å². The van der Waals surface area contributed by atoms with E-state index < -0.39 is 61.3 Å². The highest BCUT2D eigenvalue weighted by Gasteiger charge is 2.43. The molecule has 1 aliphatic heterocycles. The fraction of sp³-hybridized carbons (Fsp3) is 0.667. The minimum absolute atomic E-state index is 0.0883. The summed E-state index contributed by atoms with van der Waals surface area (Å²) in [5, 5.41) is 23.5. The topological polar surface area (TPSA) is 234 Å². The number of imide groups is 1. The molecule has 2 aromatic rings. The summed E-state index contributed by atoms with van der Waals surface area (Å²) >= 11 is 0.740. The van der Waals surface area contributed by atoms with Crippen LogP contribution in [0.5, 0.6) is 5.88 Å². The number of carbonyl (C=O) groups is 3. The SMILES string of the molecule is COc1nc(N)nc2c1ncn2[C@H](OCCO[P@](=O)(N[C@H](C)C(=O)OC(C)C)SCC1C(=O)N(C)C(=O)N1C)[C@](C)(O)CO. The summed E-state index contributed by atoms with van der Waals surface area (Å²) in [5.41, 5.74) is 4.31. The largest absolute Gasteiger partial charge is 0.479 e. The molecule has 1 aliphatic rings. The zero-order valence-corrected chi connectivity index (χ0v) is 27.2. The Morgan fingerprint density at radius 2 is 1.93 bits per heavy atom. The lowest BCUT2D eigenvalue weighted by Crippen LogP contribution is -2.42. The summed E-state index contributed by atoms with van der Waals surface area (Å²) in [6.45, 7) is 0.818. The minimum atomic E-state index is -3.95. The van der Waals surface area contributed by atoms with Gasteiger partial charge in [-0.05, 0) is 27.7 Å². The molecule has 246 valence electrons. The fourth-order valence-electron chi connectivity index (χ4n) is 4.12. The first kappa shape index (κ1) is 35.4. The summed E-state index contributed by atoms with van der Waals surface area (Å²) < 4.78 is 37.3. The standard InChI is InChI=1S/C24H39N8O10PS/c1-13(2)42-20(35)14(3)29-43(38,44-10-15-19(34)31(6)23(36)30(15)5)41-9-8-40-21(24(4,37)11-33)32-12-26-16-17(32)27-22(25)28-18(16)39-7/h12-15,21,33,37H,8-11H2,1-7H3,(H,29,38)(H2,25,27,28)/t14-,15?,21-,24-,43-/m1/s1. The molecule has 44 heavy (non-hydrogen) atoms. The molecule has 1 unspecified atom stereocenters. The number of anilines is 1. The van der Waals surface area contributed by atoms with Gasteiger partial charge in [-0.25, -0.2) is 14.9 Å². The van der Waals surface area contributed by atoms with E-state index in [2.05, 4.69) is 20.0 Å². The van der Waals surface area contributed by atoms with Crippen molar-refractivity contribution in [3.05, 3.63) is 6.33 Å². The molecule has 20 heteroatoms.